The lowest BCUT2D eigenvalue weighted by atomic mass is 10.1. The van der Waals surface area contributed by atoms with Crippen LogP contribution in [0.25, 0.3) is 11.5 Å². The quantitative estimate of drug-likeness (QED) is 0.508. The molecule has 158 valence electrons. The molecule has 0 fully saturated rings. The number of carbonyl (C=O) groups is 1. The van der Waals surface area contributed by atoms with Crippen molar-refractivity contribution in [1.82, 2.24) is 20.0 Å². The SMILES string of the molecule is Cc1ccc(-c2nc(Cn3nnc(C(=O)Nc4cccc(C)c4C)c3N)c(C)o2)cc1. The Bertz CT molecular complexity index is 1250. The van der Waals surface area contributed by atoms with E-state index in [1.807, 2.05) is 70.2 Å². The van der Waals surface area contributed by atoms with Crippen LogP contribution in [0.1, 0.15) is 38.6 Å². The molecular formula is C23H24N6O2. The highest BCUT2D eigenvalue weighted by atomic mass is 16.4. The highest BCUT2D eigenvalue weighted by Crippen LogP contribution is 2.24. The largest absolute Gasteiger partial charge is 0.441 e. The van der Waals surface area contributed by atoms with Crippen molar-refractivity contribution in [3.8, 4) is 11.5 Å². The standard InChI is InChI=1S/C23H24N6O2/c1-13-8-10-17(11-9-13)23-26-19(16(4)31-23)12-29-21(24)20(27-28-29)22(30)25-18-7-5-6-14(2)15(18)3/h5-11H,12,24H2,1-4H3,(H,25,30). The summed E-state index contributed by atoms with van der Waals surface area (Å²) >= 11 is 0. The minimum atomic E-state index is -0.408. The smallest absolute Gasteiger partial charge is 0.280 e. The number of nitrogen functional groups attached to an aromatic ring is 1. The van der Waals surface area contributed by atoms with Crippen molar-refractivity contribution in [3.05, 3.63) is 76.3 Å². The second-order valence-corrected chi connectivity index (χ2v) is 7.57. The van der Waals surface area contributed by atoms with Crippen molar-refractivity contribution in [3.63, 3.8) is 0 Å². The first-order valence-corrected chi connectivity index (χ1v) is 9.93. The molecule has 31 heavy (non-hydrogen) atoms. The summed E-state index contributed by atoms with van der Waals surface area (Å²) in [6, 6.07) is 13.6. The molecule has 0 saturated carbocycles. The van der Waals surface area contributed by atoms with Crippen molar-refractivity contribution in [1.29, 1.82) is 0 Å². The monoisotopic (exact) mass is 416 g/mol. The van der Waals surface area contributed by atoms with Gasteiger partial charge in [-0.15, -0.1) is 5.10 Å². The third kappa shape index (κ3) is 4.05. The van der Waals surface area contributed by atoms with Crippen LogP contribution in [-0.2, 0) is 6.54 Å². The highest BCUT2D eigenvalue weighted by molar-refractivity contribution is 6.06. The fourth-order valence-corrected chi connectivity index (χ4v) is 3.20. The number of nitrogens with one attached hydrogen (secondary N) is 1. The molecule has 0 atom stereocenters. The predicted octanol–water partition coefficient (Wildman–Crippen LogP) is 4.05. The molecule has 0 aliphatic carbocycles. The first-order chi connectivity index (χ1) is 14.8. The molecule has 0 radical (unpaired) electrons. The van der Waals surface area contributed by atoms with Crippen LogP contribution >= 0.6 is 0 Å². The summed E-state index contributed by atoms with van der Waals surface area (Å²) in [5.41, 5.74) is 11.8. The van der Waals surface area contributed by atoms with E-state index in [4.69, 9.17) is 10.2 Å². The Hall–Kier alpha value is -3.94. The van der Waals surface area contributed by atoms with Crippen LogP contribution in [0.15, 0.2) is 46.9 Å². The minimum Gasteiger partial charge on any atom is -0.441 e. The van der Waals surface area contributed by atoms with E-state index in [1.54, 1.807) is 0 Å². The average Bonchev–Trinajstić information content (AvgIpc) is 3.29. The van der Waals surface area contributed by atoms with Crippen LogP contribution in [0.5, 0.6) is 0 Å². The van der Waals surface area contributed by atoms with Gasteiger partial charge in [0.15, 0.2) is 11.5 Å². The number of hydrogen-bond donors (Lipinski definition) is 2. The minimum absolute atomic E-state index is 0.0702. The Kier molecular flexibility index (Phi) is 5.29. The number of rotatable bonds is 5. The fourth-order valence-electron chi connectivity index (χ4n) is 3.20. The maximum absolute atomic E-state index is 12.7. The van der Waals surface area contributed by atoms with Crippen LogP contribution < -0.4 is 11.1 Å². The van der Waals surface area contributed by atoms with Crippen LogP contribution in [0.4, 0.5) is 11.5 Å². The maximum Gasteiger partial charge on any atom is 0.280 e. The Morgan fingerprint density at radius 2 is 1.84 bits per heavy atom. The first-order valence-electron chi connectivity index (χ1n) is 9.93. The van der Waals surface area contributed by atoms with E-state index < -0.39 is 5.91 Å². The number of aromatic nitrogens is 4. The van der Waals surface area contributed by atoms with E-state index in [2.05, 4.69) is 20.6 Å². The number of oxazole rings is 1. The number of benzene rings is 2. The maximum atomic E-state index is 12.7. The zero-order valence-corrected chi connectivity index (χ0v) is 17.9. The van der Waals surface area contributed by atoms with Crippen LogP contribution in [0, 0.1) is 27.7 Å². The zero-order valence-electron chi connectivity index (χ0n) is 17.9. The van der Waals surface area contributed by atoms with Gasteiger partial charge in [-0.1, -0.05) is 35.0 Å². The van der Waals surface area contributed by atoms with Crippen LogP contribution in [0.2, 0.25) is 0 Å². The van der Waals surface area contributed by atoms with E-state index in [0.717, 1.165) is 22.3 Å². The lowest BCUT2D eigenvalue weighted by Crippen LogP contribution is -2.16. The van der Waals surface area contributed by atoms with E-state index in [-0.39, 0.29) is 18.1 Å². The molecule has 1 amide bonds. The first kappa shape index (κ1) is 20.3. The number of carbonyl (C=O) groups excluding carboxylic acids is 1. The Labute approximate surface area is 180 Å². The number of nitrogens with two attached hydrogens (primary N) is 1. The van der Waals surface area contributed by atoms with Gasteiger partial charge < -0.3 is 15.5 Å². The number of amides is 1. The molecule has 0 bridgehead atoms. The summed E-state index contributed by atoms with van der Waals surface area (Å²) in [7, 11) is 0. The topological polar surface area (TPSA) is 112 Å². The lowest BCUT2D eigenvalue weighted by molar-refractivity contribution is 0.102. The summed E-state index contributed by atoms with van der Waals surface area (Å²) in [6.45, 7) is 8.04. The summed E-state index contributed by atoms with van der Waals surface area (Å²) in [6.07, 6.45) is 0. The van der Waals surface area contributed by atoms with E-state index in [1.165, 1.54) is 4.68 Å². The lowest BCUT2D eigenvalue weighted by Gasteiger charge is -2.09. The van der Waals surface area contributed by atoms with Gasteiger partial charge in [0.2, 0.25) is 5.89 Å². The second-order valence-electron chi connectivity index (χ2n) is 7.57. The summed E-state index contributed by atoms with van der Waals surface area (Å²) in [4.78, 5) is 17.3. The summed E-state index contributed by atoms with van der Waals surface area (Å²) < 4.78 is 7.26. The zero-order chi connectivity index (χ0) is 22.1. The van der Waals surface area contributed by atoms with Gasteiger partial charge in [-0.05, 0) is 57.0 Å². The van der Waals surface area contributed by atoms with Gasteiger partial charge in [-0.3, -0.25) is 4.79 Å². The van der Waals surface area contributed by atoms with Gasteiger partial charge in [0, 0.05) is 11.3 Å². The molecule has 4 aromatic rings. The summed E-state index contributed by atoms with van der Waals surface area (Å²) in [5.74, 6) is 0.947. The number of nitrogens with zero attached hydrogens (tertiary/aromatic N) is 4. The Balaban J connectivity index is 1.54. The normalized spacial score (nSPS) is 11.0. The van der Waals surface area contributed by atoms with Gasteiger partial charge in [0.25, 0.3) is 5.91 Å². The third-order valence-electron chi connectivity index (χ3n) is 5.33. The van der Waals surface area contributed by atoms with E-state index in [9.17, 15) is 4.79 Å². The van der Waals surface area contributed by atoms with E-state index in [0.29, 0.717) is 23.0 Å². The van der Waals surface area contributed by atoms with Gasteiger partial charge >= 0.3 is 0 Å². The number of anilines is 2. The third-order valence-corrected chi connectivity index (χ3v) is 5.33. The Morgan fingerprint density at radius 1 is 1.10 bits per heavy atom. The van der Waals surface area contributed by atoms with Gasteiger partial charge in [-0.25, -0.2) is 9.67 Å². The molecule has 2 aromatic carbocycles. The molecule has 2 heterocycles. The van der Waals surface area contributed by atoms with Gasteiger partial charge in [0.1, 0.15) is 11.5 Å². The van der Waals surface area contributed by atoms with Crippen molar-refractivity contribution >= 4 is 17.4 Å². The van der Waals surface area contributed by atoms with Crippen LogP contribution in [-0.4, -0.2) is 25.9 Å². The molecule has 0 aliphatic heterocycles. The molecule has 0 saturated heterocycles. The highest BCUT2D eigenvalue weighted by Gasteiger charge is 2.20. The molecule has 8 heteroatoms. The van der Waals surface area contributed by atoms with Crippen molar-refractivity contribution < 1.29 is 9.21 Å². The fraction of sp³-hybridized carbons (Fsp3) is 0.217. The van der Waals surface area contributed by atoms with Crippen molar-refractivity contribution in [2.24, 2.45) is 0 Å². The van der Waals surface area contributed by atoms with Crippen LogP contribution in [0.3, 0.4) is 0 Å². The molecule has 0 aliphatic rings. The van der Waals surface area contributed by atoms with Gasteiger partial charge in [-0.2, -0.15) is 0 Å². The number of aryl methyl sites for hydroxylation is 3. The number of hydrogen-bond acceptors (Lipinski definition) is 6. The van der Waals surface area contributed by atoms with Crippen molar-refractivity contribution in [2.75, 3.05) is 11.1 Å². The predicted molar refractivity (Wildman–Crippen MR) is 119 cm³/mol. The molecule has 3 N–H and O–H groups in total. The molecule has 8 nitrogen and oxygen atoms in total. The average molecular weight is 416 g/mol. The summed E-state index contributed by atoms with van der Waals surface area (Å²) in [5, 5.41) is 10.9. The Morgan fingerprint density at radius 3 is 2.58 bits per heavy atom. The van der Waals surface area contributed by atoms with E-state index >= 15 is 0 Å². The molecule has 0 spiro atoms. The molecule has 4 rings (SSSR count). The molecule has 2 aromatic heterocycles. The van der Waals surface area contributed by atoms with Crippen molar-refractivity contribution in [2.45, 2.75) is 34.2 Å². The molecular weight excluding hydrogens is 392 g/mol. The molecule has 0 unspecified atom stereocenters. The van der Waals surface area contributed by atoms with Gasteiger partial charge in [0.05, 0.1) is 6.54 Å². The second kappa shape index (κ2) is 8.06.